The molecule has 0 fully saturated rings. The van der Waals surface area contributed by atoms with Crippen molar-refractivity contribution >= 4 is 45.4 Å². The first kappa shape index (κ1) is 19.0. The van der Waals surface area contributed by atoms with E-state index in [2.05, 4.69) is 15.5 Å². The molecule has 0 unspecified atom stereocenters. The number of thioether (sulfide) groups is 1. The van der Waals surface area contributed by atoms with Gasteiger partial charge in [-0.3, -0.25) is 4.79 Å². The Morgan fingerprint density at radius 1 is 1.30 bits per heavy atom. The highest BCUT2D eigenvalue weighted by Gasteiger charge is 2.10. The summed E-state index contributed by atoms with van der Waals surface area (Å²) >= 11 is 2.91. The van der Waals surface area contributed by atoms with Crippen LogP contribution in [-0.2, 0) is 4.79 Å². The molecule has 3 rings (SSSR count). The van der Waals surface area contributed by atoms with Gasteiger partial charge in [0.25, 0.3) is 5.91 Å². The van der Waals surface area contributed by atoms with Crippen LogP contribution in [-0.4, -0.2) is 42.2 Å². The van der Waals surface area contributed by atoms with E-state index >= 15 is 0 Å². The Hall–Kier alpha value is -2.78. The predicted molar refractivity (Wildman–Crippen MR) is 107 cm³/mol. The minimum absolute atomic E-state index is 0.0894. The van der Waals surface area contributed by atoms with Gasteiger partial charge in [0.15, 0.2) is 15.8 Å². The number of aromatic nitrogens is 1. The molecule has 2 aromatic carbocycles. The van der Waals surface area contributed by atoms with Crippen molar-refractivity contribution in [3.05, 3.63) is 42.0 Å². The summed E-state index contributed by atoms with van der Waals surface area (Å²) in [6.45, 7) is 0. The van der Waals surface area contributed by atoms with Crippen LogP contribution in [0, 0.1) is 0 Å². The minimum Gasteiger partial charge on any atom is -0.502 e. The molecule has 7 nitrogen and oxygen atoms in total. The highest BCUT2D eigenvalue weighted by atomic mass is 32.2. The number of carbonyl (C=O) groups is 1. The molecule has 0 aliphatic heterocycles. The number of carbonyl (C=O) groups excluding carboxylic acids is 1. The maximum atomic E-state index is 12.0. The van der Waals surface area contributed by atoms with E-state index in [1.54, 1.807) is 23.5 Å². The van der Waals surface area contributed by atoms with Crippen molar-refractivity contribution in [1.29, 1.82) is 0 Å². The van der Waals surface area contributed by atoms with Gasteiger partial charge in [0, 0.05) is 5.56 Å². The third kappa shape index (κ3) is 4.69. The Labute approximate surface area is 164 Å². The molecule has 0 bridgehead atoms. The Bertz CT molecular complexity index is 930. The largest absolute Gasteiger partial charge is 0.502 e. The average molecular weight is 403 g/mol. The number of phenols is 1. The number of amides is 1. The lowest BCUT2D eigenvalue weighted by Gasteiger charge is -2.09. The van der Waals surface area contributed by atoms with Crippen LogP contribution < -0.4 is 14.9 Å². The average Bonchev–Trinajstić information content (AvgIpc) is 3.10. The molecule has 0 aliphatic carbocycles. The summed E-state index contributed by atoms with van der Waals surface area (Å²) < 4.78 is 12.1. The van der Waals surface area contributed by atoms with Crippen LogP contribution in [0.4, 0.5) is 0 Å². The number of rotatable bonds is 7. The maximum Gasteiger partial charge on any atom is 0.250 e. The molecule has 0 saturated carbocycles. The number of hydrogen-bond donors (Lipinski definition) is 2. The SMILES string of the molecule is COc1cc(C=NNC(=O)CSc2nc3ccccc3s2)cc(OC)c1O. The number of methoxy groups -OCH3 is 2. The van der Waals surface area contributed by atoms with Crippen LogP contribution in [0.3, 0.4) is 0 Å². The summed E-state index contributed by atoms with van der Waals surface area (Å²) in [6.07, 6.45) is 1.45. The highest BCUT2D eigenvalue weighted by Crippen LogP contribution is 2.36. The number of nitrogens with zero attached hydrogens (tertiary/aromatic N) is 2. The molecule has 27 heavy (non-hydrogen) atoms. The van der Waals surface area contributed by atoms with Crippen LogP contribution in [0.15, 0.2) is 45.8 Å². The van der Waals surface area contributed by atoms with Crippen molar-refractivity contribution in [3.63, 3.8) is 0 Å². The van der Waals surface area contributed by atoms with Gasteiger partial charge < -0.3 is 14.6 Å². The van der Waals surface area contributed by atoms with Gasteiger partial charge in [-0.15, -0.1) is 11.3 Å². The predicted octanol–water partition coefficient (Wildman–Crippen LogP) is 3.26. The number of thiazole rings is 1. The molecule has 0 atom stereocenters. The lowest BCUT2D eigenvalue weighted by atomic mass is 10.2. The number of aromatic hydroxyl groups is 1. The van der Waals surface area contributed by atoms with Gasteiger partial charge in [-0.2, -0.15) is 5.10 Å². The molecule has 1 amide bonds. The molecule has 1 heterocycles. The van der Waals surface area contributed by atoms with Gasteiger partial charge in [-0.05, 0) is 24.3 Å². The van der Waals surface area contributed by atoms with Gasteiger partial charge in [-0.1, -0.05) is 23.9 Å². The van der Waals surface area contributed by atoms with Crippen LogP contribution in [0.1, 0.15) is 5.56 Å². The number of hydrogen-bond acceptors (Lipinski definition) is 8. The van der Waals surface area contributed by atoms with E-state index in [9.17, 15) is 9.90 Å². The Balaban J connectivity index is 1.57. The van der Waals surface area contributed by atoms with Crippen molar-refractivity contribution in [2.24, 2.45) is 5.10 Å². The molecule has 0 aliphatic rings. The monoisotopic (exact) mass is 403 g/mol. The van der Waals surface area contributed by atoms with Gasteiger partial charge in [-0.25, -0.2) is 10.4 Å². The molecule has 0 radical (unpaired) electrons. The number of nitrogens with one attached hydrogen (secondary N) is 1. The minimum atomic E-state index is -0.242. The molecule has 140 valence electrons. The van der Waals surface area contributed by atoms with E-state index in [-0.39, 0.29) is 28.9 Å². The maximum absolute atomic E-state index is 12.0. The topological polar surface area (TPSA) is 93.0 Å². The van der Waals surface area contributed by atoms with Crippen molar-refractivity contribution in [2.45, 2.75) is 4.34 Å². The van der Waals surface area contributed by atoms with E-state index in [1.807, 2.05) is 24.3 Å². The molecule has 9 heteroatoms. The summed E-state index contributed by atoms with van der Waals surface area (Å²) in [4.78, 5) is 16.4. The van der Waals surface area contributed by atoms with Crippen LogP contribution >= 0.6 is 23.1 Å². The van der Waals surface area contributed by atoms with Crippen LogP contribution in [0.25, 0.3) is 10.2 Å². The highest BCUT2D eigenvalue weighted by molar-refractivity contribution is 8.01. The summed E-state index contributed by atoms with van der Waals surface area (Å²) in [5, 5.41) is 13.8. The fourth-order valence-corrected chi connectivity index (χ4v) is 4.10. The standard InChI is InChI=1S/C18H17N3O4S2/c1-24-13-7-11(8-14(25-2)17(13)23)9-19-21-16(22)10-26-18-20-12-5-3-4-6-15(12)27-18/h3-9,23H,10H2,1-2H3,(H,21,22). The number of ether oxygens (including phenoxy) is 2. The molecular formula is C18H17N3O4S2. The summed E-state index contributed by atoms with van der Waals surface area (Å²) in [5.74, 6) is 0.392. The summed E-state index contributed by atoms with van der Waals surface area (Å²) in [7, 11) is 2.88. The van der Waals surface area contributed by atoms with Gasteiger partial charge in [0.1, 0.15) is 0 Å². The second-order valence-corrected chi connectivity index (χ2v) is 7.56. The normalized spacial score (nSPS) is 11.0. The second-order valence-electron chi connectivity index (χ2n) is 5.30. The number of benzene rings is 2. The Morgan fingerprint density at radius 3 is 2.67 bits per heavy atom. The van der Waals surface area contributed by atoms with Crippen LogP contribution in [0.5, 0.6) is 17.2 Å². The van der Waals surface area contributed by atoms with Crippen molar-refractivity contribution in [1.82, 2.24) is 10.4 Å². The van der Waals surface area contributed by atoms with Crippen molar-refractivity contribution in [2.75, 3.05) is 20.0 Å². The first-order valence-electron chi connectivity index (χ1n) is 7.86. The van der Waals surface area contributed by atoms with Gasteiger partial charge in [0.2, 0.25) is 5.75 Å². The quantitative estimate of drug-likeness (QED) is 0.357. The van der Waals surface area contributed by atoms with Gasteiger partial charge >= 0.3 is 0 Å². The summed E-state index contributed by atoms with van der Waals surface area (Å²) in [6, 6.07) is 11.0. The fraction of sp³-hybridized carbons (Fsp3) is 0.167. The van der Waals surface area contributed by atoms with Crippen molar-refractivity contribution < 1.29 is 19.4 Å². The molecule has 0 spiro atoms. The van der Waals surface area contributed by atoms with E-state index in [4.69, 9.17) is 9.47 Å². The summed E-state index contributed by atoms with van der Waals surface area (Å²) in [5.41, 5.74) is 4.01. The molecular weight excluding hydrogens is 386 g/mol. The first-order chi connectivity index (χ1) is 13.1. The number of fused-ring (bicyclic) bond motifs is 1. The number of hydrazone groups is 1. The van der Waals surface area contributed by atoms with E-state index in [0.717, 1.165) is 14.6 Å². The third-order valence-electron chi connectivity index (χ3n) is 3.51. The third-order valence-corrected chi connectivity index (χ3v) is 5.69. The zero-order chi connectivity index (χ0) is 19.2. The first-order valence-corrected chi connectivity index (χ1v) is 9.66. The van der Waals surface area contributed by atoms with Gasteiger partial charge in [0.05, 0.1) is 36.4 Å². The zero-order valence-electron chi connectivity index (χ0n) is 14.6. The van der Waals surface area contributed by atoms with E-state index < -0.39 is 0 Å². The molecule has 0 saturated heterocycles. The van der Waals surface area contributed by atoms with E-state index in [0.29, 0.717) is 5.56 Å². The van der Waals surface area contributed by atoms with Crippen molar-refractivity contribution in [3.8, 4) is 17.2 Å². The lowest BCUT2D eigenvalue weighted by Crippen LogP contribution is -2.19. The molecule has 1 aromatic heterocycles. The smallest absolute Gasteiger partial charge is 0.250 e. The molecule has 2 N–H and O–H groups in total. The van der Waals surface area contributed by atoms with E-state index in [1.165, 1.54) is 32.2 Å². The second kappa shape index (κ2) is 8.74. The fourth-order valence-electron chi connectivity index (χ4n) is 2.24. The Kier molecular flexibility index (Phi) is 6.15. The zero-order valence-corrected chi connectivity index (χ0v) is 16.3. The molecule has 3 aromatic rings. The number of phenolic OH excluding ortho intramolecular Hbond substituents is 1. The Morgan fingerprint density at radius 2 is 2.00 bits per heavy atom. The van der Waals surface area contributed by atoms with Crippen LogP contribution in [0.2, 0.25) is 0 Å². The number of para-hydroxylation sites is 1. The lowest BCUT2D eigenvalue weighted by molar-refractivity contribution is -0.118.